The van der Waals surface area contributed by atoms with E-state index in [0.717, 1.165) is 16.0 Å². The number of ether oxygens (including phenoxy) is 2. The van der Waals surface area contributed by atoms with E-state index in [2.05, 4.69) is 15.9 Å². The summed E-state index contributed by atoms with van der Waals surface area (Å²) in [7, 11) is 1.62. The maximum atomic E-state index is 5.71. The lowest BCUT2D eigenvalue weighted by atomic mass is 10.2. The monoisotopic (exact) mass is 292 g/mol. The van der Waals surface area contributed by atoms with Crippen LogP contribution in [0.15, 0.2) is 22.7 Å². The Labute approximate surface area is 104 Å². The third-order valence-electron chi connectivity index (χ3n) is 1.93. The second kappa shape index (κ2) is 6.23. The smallest absolute Gasteiger partial charge is 0.175 e. The Morgan fingerprint density at radius 3 is 2.80 bits per heavy atom. The van der Waals surface area contributed by atoms with Crippen molar-refractivity contribution < 1.29 is 9.47 Å². The van der Waals surface area contributed by atoms with Crippen LogP contribution in [0.2, 0.25) is 0 Å². The molecule has 0 saturated carbocycles. The number of halogens is 2. The van der Waals surface area contributed by atoms with Crippen LogP contribution >= 0.6 is 27.5 Å². The van der Waals surface area contributed by atoms with Gasteiger partial charge in [0.25, 0.3) is 0 Å². The summed E-state index contributed by atoms with van der Waals surface area (Å²) in [6, 6.07) is 5.69. The fourth-order valence-corrected chi connectivity index (χ4v) is 1.61. The first-order valence-electron chi connectivity index (χ1n) is 4.70. The fraction of sp³-hybridized carbons (Fsp3) is 0.455. The quantitative estimate of drug-likeness (QED) is 0.771. The summed E-state index contributed by atoms with van der Waals surface area (Å²) in [5.41, 5.74) is 0. The maximum Gasteiger partial charge on any atom is 0.175 e. The maximum absolute atomic E-state index is 5.71. The van der Waals surface area contributed by atoms with Crippen molar-refractivity contribution in [2.75, 3.05) is 19.6 Å². The minimum absolute atomic E-state index is 0.323. The van der Waals surface area contributed by atoms with E-state index in [1.165, 1.54) is 0 Å². The zero-order chi connectivity index (χ0) is 11.3. The Balaban J connectivity index is 2.74. The van der Waals surface area contributed by atoms with Gasteiger partial charge in [-0.1, -0.05) is 13.0 Å². The molecular weight excluding hydrogens is 279 g/mol. The normalized spacial score (nSPS) is 12.3. The van der Waals surface area contributed by atoms with Gasteiger partial charge in [-0.05, 0) is 28.1 Å². The van der Waals surface area contributed by atoms with Gasteiger partial charge in [0.05, 0.1) is 18.2 Å². The zero-order valence-corrected chi connectivity index (χ0v) is 11.1. The molecule has 0 radical (unpaired) electrons. The number of hydrogen-bond acceptors (Lipinski definition) is 2. The molecule has 1 rings (SSSR count). The van der Waals surface area contributed by atoms with E-state index in [4.69, 9.17) is 21.1 Å². The molecule has 0 aliphatic rings. The molecule has 4 heteroatoms. The van der Waals surface area contributed by atoms with Crippen LogP contribution in [0.4, 0.5) is 0 Å². The second-order valence-electron chi connectivity index (χ2n) is 3.34. The van der Waals surface area contributed by atoms with E-state index in [1.807, 2.05) is 25.1 Å². The molecule has 0 spiro atoms. The lowest BCUT2D eigenvalue weighted by Crippen LogP contribution is -2.10. The van der Waals surface area contributed by atoms with Crippen molar-refractivity contribution in [1.82, 2.24) is 0 Å². The first-order valence-corrected chi connectivity index (χ1v) is 6.03. The van der Waals surface area contributed by atoms with Crippen molar-refractivity contribution in [2.45, 2.75) is 6.92 Å². The average molecular weight is 294 g/mol. The highest BCUT2D eigenvalue weighted by molar-refractivity contribution is 9.10. The Morgan fingerprint density at radius 2 is 2.20 bits per heavy atom. The lowest BCUT2D eigenvalue weighted by molar-refractivity contribution is 0.256. The van der Waals surface area contributed by atoms with E-state index in [-0.39, 0.29) is 0 Å². The van der Waals surface area contributed by atoms with Gasteiger partial charge in [0.2, 0.25) is 0 Å². The van der Waals surface area contributed by atoms with Gasteiger partial charge in [0.1, 0.15) is 0 Å². The minimum atomic E-state index is 0.323. The van der Waals surface area contributed by atoms with E-state index < -0.39 is 0 Å². The van der Waals surface area contributed by atoms with Gasteiger partial charge < -0.3 is 9.47 Å². The molecule has 1 aromatic carbocycles. The molecule has 0 amide bonds. The van der Waals surface area contributed by atoms with Crippen LogP contribution < -0.4 is 9.47 Å². The van der Waals surface area contributed by atoms with E-state index >= 15 is 0 Å². The molecule has 0 aliphatic heterocycles. The highest BCUT2D eigenvalue weighted by atomic mass is 79.9. The van der Waals surface area contributed by atoms with Crippen LogP contribution in [-0.4, -0.2) is 19.6 Å². The van der Waals surface area contributed by atoms with E-state index in [1.54, 1.807) is 7.11 Å². The third-order valence-corrected chi connectivity index (χ3v) is 3.08. The minimum Gasteiger partial charge on any atom is -0.493 e. The topological polar surface area (TPSA) is 18.5 Å². The Bertz CT molecular complexity index is 317. The molecule has 0 N–H and O–H groups in total. The average Bonchev–Trinajstić information content (AvgIpc) is 2.26. The Hall–Kier alpha value is -0.410. The summed E-state index contributed by atoms with van der Waals surface area (Å²) in [5.74, 6) is 2.37. The summed E-state index contributed by atoms with van der Waals surface area (Å²) in [6.07, 6.45) is 0. The van der Waals surface area contributed by atoms with Crippen molar-refractivity contribution >= 4 is 27.5 Å². The van der Waals surface area contributed by atoms with Crippen LogP contribution in [0, 0.1) is 5.92 Å². The number of para-hydroxylation sites is 1. The number of alkyl halides is 1. The van der Waals surface area contributed by atoms with Crippen molar-refractivity contribution in [3.05, 3.63) is 22.7 Å². The Kier molecular flexibility index (Phi) is 5.26. The summed E-state index contributed by atoms with van der Waals surface area (Å²) in [6.45, 7) is 2.62. The zero-order valence-electron chi connectivity index (χ0n) is 8.80. The van der Waals surface area contributed by atoms with Crippen LogP contribution in [0.3, 0.4) is 0 Å². The molecule has 0 fully saturated rings. The first-order chi connectivity index (χ1) is 7.19. The molecule has 0 aliphatic carbocycles. The number of hydrogen-bond donors (Lipinski definition) is 0. The number of rotatable bonds is 5. The molecule has 0 bridgehead atoms. The molecule has 84 valence electrons. The van der Waals surface area contributed by atoms with Gasteiger partial charge in [-0.3, -0.25) is 0 Å². The fourth-order valence-electron chi connectivity index (χ4n) is 1.06. The predicted octanol–water partition coefficient (Wildman–Crippen LogP) is 3.71. The molecular formula is C11H14BrClO2. The lowest BCUT2D eigenvalue weighted by Gasteiger charge is -2.14. The predicted molar refractivity (Wildman–Crippen MR) is 66.1 cm³/mol. The van der Waals surface area contributed by atoms with E-state index in [0.29, 0.717) is 18.4 Å². The molecule has 0 aromatic heterocycles. The number of methoxy groups -OCH3 is 1. The molecule has 1 unspecified atom stereocenters. The molecule has 0 heterocycles. The van der Waals surface area contributed by atoms with Gasteiger partial charge in [-0.25, -0.2) is 0 Å². The van der Waals surface area contributed by atoms with E-state index in [9.17, 15) is 0 Å². The summed E-state index contributed by atoms with van der Waals surface area (Å²) in [4.78, 5) is 0. The highest BCUT2D eigenvalue weighted by Crippen LogP contribution is 2.35. The van der Waals surface area contributed by atoms with Crippen molar-refractivity contribution in [2.24, 2.45) is 5.92 Å². The van der Waals surface area contributed by atoms with Gasteiger partial charge in [-0.2, -0.15) is 0 Å². The van der Waals surface area contributed by atoms with Gasteiger partial charge in [0, 0.05) is 11.8 Å². The highest BCUT2D eigenvalue weighted by Gasteiger charge is 2.10. The first kappa shape index (κ1) is 12.7. The second-order valence-corrected chi connectivity index (χ2v) is 4.50. The molecule has 1 aromatic rings. The van der Waals surface area contributed by atoms with Crippen LogP contribution in [-0.2, 0) is 0 Å². The van der Waals surface area contributed by atoms with Crippen LogP contribution in [0.1, 0.15) is 6.92 Å². The third kappa shape index (κ3) is 3.58. The van der Waals surface area contributed by atoms with Crippen molar-refractivity contribution in [3.8, 4) is 11.5 Å². The molecule has 1 atom stereocenters. The number of benzene rings is 1. The summed E-state index contributed by atoms with van der Waals surface area (Å²) < 4.78 is 11.8. The summed E-state index contributed by atoms with van der Waals surface area (Å²) in [5, 5.41) is 0. The molecule has 0 saturated heterocycles. The largest absolute Gasteiger partial charge is 0.493 e. The molecule has 2 nitrogen and oxygen atoms in total. The van der Waals surface area contributed by atoms with Gasteiger partial charge >= 0.3 is 0 Å². The van der Waals surface area contributed by atoms with Gasteiger partial charge in [0.15, 0.2) is 11.5 Å². The van der Waals surface area contributed by atoms with Crippen molar-refractivity contribution in [1.29, 1.82) is 0 Å². The standard InChI is InChI=1S/C11H14BrClO2/c1-8(6-13)7-15-11-9(12)4-3-5-10(11)14-2/h3-5,8H,6-7H2,1-2H3. The SMILES string of the molecule is COc1cccc(Br)c1OCC(C)CCl. The van der Waals surface area contributed by atoms with Gasteiger partial charge in [-0.15, -0.1) is 11.6 Å². The Morgan fingerprint density at radius 1 is 1.47 bits per heavy atom. The molecule has 15 heavy (non-hydrogen) atoms. The van der Waals surface area contributed by atoms with Crippen LogP contribution in [0.5, 0.6) is 11.5 Å². The summed E-state index contributed by atoms with van der Waals surface area (Å²) >= 11 is 9.13. The van der Waals surface area contributed by atoms with Crippen molar-refractivity contribution in [3.63, 3.8) is 0 Å². The van der Waals surface area contributed by atoms with Crippen LogP contribution in [0.25, 0.3) is 0 Å².